The van der Waals surface area contributed by atoms with Gasteiger partial charge < -0.3 is 0 Å². The Morgan fingerprint density at radius 3 is 2.45 bits per heavy atom. The Balaban J connectivity index is 3.85. The van der Waals surface area contributed by atoms with E-state index in [2.05, 4.69) is 6.08 Å². The van der Waals surface area contributed by atoms with Gasteiger partial charge in [-0.15, -0.1) is 0 Å². The lowest BCUT2D eigenvalue weighted by molar-refractivity contribution is -0.104. The summed E-state index contributed by atoms with van der Waals surface area (Å²) in [6, 6.07) is 0. The molecule has 0 amide bonds. The Morgan fingerprint density at radius 2 is 2.00 bits per heavy atom. The molecule has 62 valence electrons. The highest BCUT2D eigenvalue weighted by molar-refractivity contribution is 5.73. The molecular weight excluding hydrogens is 136 g/mol. The molecule has 0 fully saturated rings. The van der Waals surface area contributed by atoms with Crippen LogP contribution in [0.1, 0.15) is 33.6 Å². The molecule has 0 aromatic rings. The van der Waals surface area contributed by atoms with Crippen molar-refractivity contribution in [2.75, 3.05) is 0 Å². The molecule has 0 saturated heterocycles. The van der Waals surface area contributed by atoms with Crippen molar-refractivity contribution in [1.82, 2.24) is 0 Å². The van der Waals surface area contributed by atoms with Gasteiger partial charge in [0, 0.05) is 0 Å². The second-order valence-corrected chi connectivity index (χ2v) is 2.69. The Bertz CT molecular complexity index is 175. The van der Waals surface area contributed by atoms with Crippen LogP contribution in [0.2, 0.25) is 0 Å². The van der Waals surface area contributed by atoms with Gasteiger partial charge in [-0.05, 0) is 39.2 Å². The van der Waals surface area contributed by atoms with Gasteiger partial charge in [-0.25, -0.2) is 0 Å². The lowest BCUT2D eigenvalue weighted by atomic mass is 10.1. The average Bonchev–Trinajstić information content (AvgIpc) is 2.03. The zero-order valence-electron chi connectivity index (χ0n) is 7.55. The Morgan fingerprint density at radius 1 is 1.36 bits per heavy atom. The van der Waals surface area contributed by atoms with Crippen molar-refractivity contribution in [3.63, 3.8) is 0 Å². The van der Waals surface area contributed by atoms with Crippen LogP contribution in [-0.4, -0.2) is 6.29 Å². The van der Waals surface area contributed by atoms with Gasteiger partial charge in [-0.3, -0.25) is 4.79 Å². The van der Waals surface area contributed by atoms with E-state index < -0.39 is 0 Å². The largest absolute Gasteiger partial charge is 0.298 e. The summed E-state index contributed by atoms with van der Waals surface area (Å²) < 4.78 is 0. The summed E-state index contributed by atoms with van der Waals surface area (Å²) in [4.78, 5) is 10.3. The third-order valence-corrected chi connectivity index (χ3v) is 1.77. The Kier molecular flexibility index (Phi) is 5.44. The lowest BCUT2D eigenvalue weighted by Crippen LogP contribution is -1.84. The molecule has 0 unspecified atom stereocenters. The van der Waals surface area contributed by atoms with E-state index in [4.69, 9.17) is 0 Å². The van der Waals surface area contributed by atoms with Gasteiger partial charge in [-0.2, -0.15) is 0 Å². The zero-order valence-corrected chi connectivity index (χ0v) is 7.55. The molecule has 0 N–H and O–H groups in total. The van der Waals surface area contributed by atoms with E-state index >= 15 is 0 Å². The minimum atomic E-state index is 0.870. The van der Waals surface area contributed by atoms with E-state index in [0.717, 1.165) is 24.7 Å². The summed E-state index contributed by atoms with van der Waals surface area (Å²) in [5, 5.41) is 0. The maximum absolute atomic E-state index is 10.3. The van der Waals surface area contributed by atoms with E-state index in [1.54, 1.807) is 0 Å². The number of carbonyl (C=O) groups excluding carboxylic acids is 1. The van der Waals surface area contributed by atoms with Crippen LogP contribution in [0.15, 0.2) is 23.3 Å². The molecule has 0 spiro atoms. The van der Waals surface area contributed by atoms with Crippen molar-refractivity contribution in [3.8, 4) is 0 Å². The van der Waals surface area contributed by atoms with E-state index in [1.165, 1.54) is 5.57 Å². The fourth-order valence-corrected chi connectivity index (χ4v) is 0.764. The maximum atomic E-state index is 10.3. The normalized spacial score (nSPS) is 13.4. The van der Waals surface area contributed by atoms with E-state index in [-0.39, 0.29) is 0 Å². The molecule has 0 heterocycles. The second-order valence-electron chi connectivity index (χ2n) is 2.69. The number of allylic oxidation sites excluding steroid dienone is 4. The maximum Gasteiger partial charge on any atom is 0.145 e. The van der Waals surface area contributed by atoms with Crippen LogP contribution in [-0.2, 0) is 4.79 Å². The van der Waals surface area contributed by atoms with E-state index in [9.17, 15) is 4.79 Å². The summed E-state index contributed by atoms with van der Waals surface area (Å²) in [5.74, 6) is 0. The first kappa shape index (κ1) is 10.2. The summed E-state index contributed by atoms with van der Waals surface area (Å²) in [7, 11) is 0. The molecule has 0 radical (unpaired) electrons. The second kappa shape index (κ2) is 5.90. The smallest absolute Gasteiger partial charge is 0.145 e. The molecular formula is C10H16O. The summed E-state index contributed by atoms with van der Waals surface area (Å²) in [5.41, 5.74) is 2.06. The molecule has 0 aliphatic rings. The van der Waals surface area contributed by atoms with Crippen molar-refractivity contribution in [3.05, 3.63) is 23.3 Å². The zero-order chi connectivity index (χ0) is 8.69. The molecule has 0 aliphatic carbocycles. The predicted octanol–water partition coefficient (Wildman–Crippen LogP) is 2.88. The van der Waals surface area contributed by atoms with Crippen molar-refractivity contribution < 1.29 is 4.79 Å². The Labute approximate surface area is 68.8 Å². The molecule has 0 rings (SSSR count). The molecule has 0 aliphatic heterocycles. The van der Waals surface area contributed by atoms with Gasteiger partial charge >= 0.3 is 0 Å². The monoisotopic (exact) mass is 152 g/mol. The molecule has 0 aromatic carbocycles. The lowest BCUT2D eigenvalue weighted by Gasteiger charge is -1.98. The first-order chi connectivity index (χ1) is 5.22. The fourth-order valence-electron chi connectivity index (χ4n) is 0.764. The van der Waals surface area contributed by atoms with Gasteiger partial charge in [0.25, 0.3) is 0 Å². The highest BCUT2D eigenvalue weighted by atomic mass is 16.1. The van der Waals surface area contributed by atoms with Crippen LogP contribution in [0.4, 0.5) is 0 Å². The molecule has 0 bridgehead atoms. The van der Waals surface area contributed by atoms with Crippen LogP contribution in [0, 0.1) is 0 Å². The minimum Gasteiger partial charge on any atom is -0.298 e. The predicted molar refractivity (Wildman–Crippen MR) is 48.5 cm³/mol. The quantitative estimate of drug-likeness (QED) is 0.344. The highest BCUT2D eigenvalue weighted by Gasteiger charge is 1.92. The third kappa shape index (κ3) is 4.54. The standard InChI is InChI=1S/C10H16O/c1-4-5-6-7-9(2)10(3)8-11/h4-5,8H,6-7H2,1-3H3/b5-4+,10-9?. The summed E-state index contributed by atoms with van der Waals surface area (Å²) in [6.45, 7) is 5.87. The van der Waals surface area contributed by atoms with Gasteiger partial charge in [0.2, 0.25) is 0 Å². The van der Waals surface area contributed by atoms with Crippen molar-refractivity contribution in [2.45, 2.75) is 33.6 Å². The van der Waals surface area contributed by atoms with Crippen LogP contribution in [0.25, 0.3) is 0 Å². The molecule has 1 nitrogen and oxygen atoms in total. The minimum absolute atomic E-state index is 0.870. The van der Waals surface area contributed by atoms with E-state index in [1.807, 2.05) is 26.8 Å². The topological polar surface area (TPSA) is 17.1 Å². The van der Waals surface area contributed by atoms with Crippen molar-refractivity contribution in [1.29, 1.82) is 0 Å². The molecule has 0 atom stereocenters. The van der Waals surface area contributed by atoms with Crippen LogP contribution >= 0.6 is 0 Å². The number of rotatable bonds is 4. The summed E-state index contributed by atoms with van der Waals surface area (Å²) in [6.07, 6.45) is 7.10. The van der Waals surface area contributed by atoms with Crippen molar-refractivity contribution in [2.24, 2.45) is 0 Å². The number of hydrogen-bond donors (Lipinski definition) is 0. The SMILES string of the molecule is C/C=C/CCC(C)=C(C)C=O. The number of carbonyl (C=O) groups is 1. The average molecular weight is 152 g/mol. The number of hydrogen-bond acceptors (Lipinski definition) is 1. The highest BCUT2D eigenvalue weighted by Crippen LogP contribution is 2.08. The van der Waals surface area contributed by atoms with Gasteiger partial charge in [0.05, 0.1) is 0 Å². The number of aldehydes is 1. The van der Waals surface area contributed by atoms with E-state index in [0.29, 0.717) is 0 Å². The molecule has 1 heteroatoms. The Hall–Kier alpha value is -0.850. The summed E-state index contributed by atoms with van der Waals surface area (Å²) >= 11 is 0. The van der Waals surface area contributed by atoms with Gasteiger partial charge in [0.1, 0.15) is 6.29 Å². The molecule has 0 aromatic heterocycles. The van der Waals surface area contributed by atoms with Crippen LogP contribution in [0.3, 0.4) is 0 Å². The fraction of sp³-hybridized carbons (Fsp3) is 0.500. The van der Waals surface area contributed by atoms with Crippen molar-refractivity contribution >= 4 is 6.29 Å². The van der Waals surface area contributed by atoms with Gasteiger partial charge in [0.15, 0.2) is 0 Å². The van der Waals surface area contributed by atoms with Crippen LogP contribution < -0.4 is 0 Å². The first-order valence-electron chi connectivity index (χ1n) is 3.95. The molecule has 0 saturated carbocycles. The molecule has 11 heavy (non-hydrogen) atoms. The van der Waals surface area contributed by atoms with Crippen LogP contribution in [0.5, 0.6) is 0 Å². The third-order valence-electron chi connectivity index (χ3n) is 1.77. The first-order valence-corrected chi connectivity index (χ1v) is 3.95. The van der Waals surface area contributed by atoms with Gasteiger partial charge in [-0.1, -0.05) is 17.7 Å².